The molecule has 2 atom stereocenters. The van der Waals surface area contributed by atoms with Gasteiger partial charge in [-0.25, -0.2) is 0 Å². The third-order valence-electron chi connectivity index (χ3n) is 4.35. The molecule has 0 saturated heterocycles. The van der Waals surface area contributed by atoms with E-state index in [4.69, 9.17) is 0 Å². The van der Waals surface area contributed by atoms with E-state index in [2.05, 4.69) is 5.10 Å². The van der Waals surface area contributed by atoms with Gasteiger partial charge in [0.05, 0.1) is 18.0 Å². The van der Waals surface area contributed by atoms with Crippen LogP contribution in [0.3, 0.4) is 0 Å². The van der Waals surface area contributed by atoms with Crippen LogP contribution in [-0.4, -0.2) is 38.7 Å². The van der Waals surface area contributed by atoms with Crippen molar-refractivity contribution < 1.29 is 14.7 Å². The van der Waals surface area contributed by atoms with Crippen molar-refractivity contribution >= 4 is 11.9 Å². The topological polar surface area (TPSA) is 75.4 Å². The zero-order valence-electron chi connectivity index (χ0n) is 13.3. The van der Waals surface area contributed by atoms with E-state index < -0.39 is 17.8 Å². The molecule has 0 fully saturated rings. The van der Waals surface area contributed by atoms with Gasteiger partial charge in [-0.15, -0.1) is 0 Å². The Morgan fingerprint density at radius 3 is 2.55 bits per heavy atom. The Labute approximate surface area is 130 Å². The second-order valence-corrected chi connectivity index (χ2v) is 5.76. The van der Waals surface area contributed by atoms with E-state index in [1.165, 1.54) is 0 Å². The van der Waals surface area contributed by atoms with Crippen LogP contribution in [0, 0.1) is 18.8 Å². The van der Waals surface area contributed by atoms with Gasteiger partial charge >= 0.3 is 5.97 Å². The van der Waals surface area contributed by atoms with Gasteiger partial charge in [-0.2, -0.15) is 5.10 Å². The Morgan fingerprint density at radius 1 is 1.36 bits per heavy atom. The lowest BCUT2D eigenvalue weighted by atomic mass is 9.82. The number of carboxylic acids is 1. The Kier molecular flexibility index (Phi) is 5.00. The van der Waals surface area contributed by atoms with Gasteiger partial charge < -0.3 is 10.0 Å². The van der Waals surface area contributed by atoms with Gasteiger partial charge in [0.25, 0.3) is 0 Å². The van der Waals surface area contributed by atoms with Crippen LogP contribution in [-0.2, 0) is 22.7 Å². The van der Waals surface area contributed by atoms with Crippen molar-refractivity contribution in [3.63, 3.8) is 0 Å². The van der Waals surface area contributed by atoms with Gasteiger partial charge in [0.1, 0.15) is 0 Å². The number of hydrogen-bond donors (Lipinski definition) is 1. The van der Waals surface area contributed by atoms with Crippen molar-refractivity contribution in [2.24, 2.45) is 11.8 Å². The molecule has 1 heterocycles. The fourth-order valence-electron chi connectivity index (χ4n) is 2.94. The number of aromatic nitrogens is 2. The quantitative estimate of drug-likeness (QED) is 0.842. The normalized spacial score (nSPS) is 20.9. The zero-order valence-corrected chi connectivity index (χ0v) is 13.3. The molecule has 22 heavy (non-hydrogen) atoms. The molecule has 1 N–H and O–H groups in total. The minimum absolute atomic E-state index is 0.111. The van der Waals surface area contributed by atoms with E-state index in [0.717, 1.165) is 17.8 Å². The molecule has 1 aromatic rings. The number of aryl methyl sites for hydroxylation is 1. The number of allylic oxidation sites excluding steroid dienone is 2. The fraction of sp³-hybridized carbons (Fsp3) is 0.562. The molecule has 6 nitrogen and oxygen atoms in total. The summed E-state index contributed by atoms with van der Waals surface area (Å²) in [6.07, 6.45) is 6.44. The molecule has 0 aliphatic heterocycles. The van der Waals surface area contributed by atoms with Gasteiger partial charge in [-0.1, -0.05) is 12.2 Å². The van der Waals surface area contributed by atoms with Crippen LogP contribution >= 0.6 is 0 Å². The number of carbonyl (C=O) groups excluding carboxylic acids is 1. The van der Waals surface area contributed by atoms with E-state index >= 15 is 0 Å². The molecule has 0 radical (unpaired) electrons. The van der Waals surface area contributed by atoms with E-state index in [1.807, 2.05) is 30.7 Å². The van der Waals surface area contributed by atoms with Crippen LogP contribution < -0.4 is 0 Å². The Morgan fingerprint density at radius 2 is 2.00 bits per heavy atom. The molecule has 0 spiro atoms. The molecular weight excluding hydrogens is 282 g/mol. The molecule has 0 bridgehead atoms. The summed E-state index contributed by atoms with van der Waals surface area (Å²) in [5, 5.41) is 13.6. The van der Waals surface area contributed by atoms with Crippen molar-refractivity contribution in [1.29, 1.82) is 0 Å². The second-order valence-electron chi connectivity index (χ2n) is 5.76. The van der Waals surface area contributed by atoms with E-state index in [-0.39, 0.29) is 5.91 Å². The summed E-state index contributed by atoms with van der Waals surface area (Å²) in [7, 11) is 1.72. The molecular formula is C16H23N3O3. The smallest absolute Gasteiger partial charge is 0.307 e. The molecule has 1 aliphatic carbocycles. The summed E-state index contributed by atoms with van der Waals surface area (Å²) in [5.74, 6) is -2.11. The standard InChI is InChI=1S/C16H23N3O3/c1-4-19-11(2)12(9-17-19)10-18(3)15(20)13-7-5-6-8-14(13)16(21)22/h5-6,9,13-14H,4,7-8,10H2,1-3H3,(H,21,22)/t13-,14+/m0/s1. The predicted molar refractivity (Wildman–Crippen MR) is 82.1 cm³/mol. The Bertz CT molecular complexity index is 591. The molecule has 0 saturated carbocycles. The van der Waals surface area contributed by atoms with Gasteiger partial charge in [0.15, 0.2) is 0 Å². The van der Waals surface area contributed by atoms with Crippen LogP contribution in [0.2, 0.25) is 0 Å². The maximum atomic E-state index is 12.6. The van der Waals surface area contributed by atoms with E-state index in [1.54, 1.807) is 18.1 Å². The van der Waals surface area contributed by atoms with Gasteiger partial charge in [-0.05, 0) is 26.7 Å². The number of carboxylic acid groups (broad SMARTS) is 1. The predicted octanol–water partition coefficient (Wildman–Crippen LogP) is 1.84. The minimum Gasteiger partial charge on any atom is -0.481 e. The van der Waals surface area contributed by atoms with Crippen LogP contribution in [0.1, 0.15) is 31.0 Å². The van der Waals surface area contributed by atoms with Crippen LogP contribution in [0.4, 0.5) is 0 Å². The number of aliphatic carboxylic acids is 1. The lowest BCUT2D eigenvalue weighted by Crippen LogP contribution is -2.39. The van der Waals surface area contributed by atoms with Crippen molar-refractivity contribution in [1.82, 2.24) is 14.7 Å². The van der Waals surface area contributed by atoms with Crippen molar-refractivity contribution in [2.45, 2.75) is 39.8 Å². The van der Waals surface area contributed by atoms with E-state index in [0.29, 0.717) is 19.4 Å². The molecule has 0 unspecified atom stereocenters. The summed E-state index contributed by atoms with van der Waals surface area (Å²) in [4.78, 5) is 25.5. The average molecular weight is 305 g/mol. The summed E-state index contributed by atoms with van der Waals surface area (Å²) >= 11 is 0. The molecule has 1 aromatic heterocycles. The fourth-order valence-corrected chi connectivity index (χ4v) is 2.94. The third-order valence-corrected chi connectivity index (χ3v) is 4.35. The van der Waals surface area contributed by atoms with Gasteiger partial charge in [0.2, 0.25) is 5.91 Å². The summed E-state index contributed by atoms with van der Waals surface area (Å²) in [6.45, 7) is 5.24. The first-order valence-electron chi connectivity index (χ1n) is 7.59. The number of amides is 1. The van der Waals surface area contributed by atoms with Gasteiger partial charge in [-0.3, -0.25) is 14.3 Å². The number of rotatable bonds is 5. The minimum atomic E-state index is -0.897. The molecule has 0 aromatic carbocycles. The first-order chi connectivity index (χ1) is 10.5. The molecule has 1 amide bonds. The first kappa shape index (κ1) is 16.3. The highest BCUT2D eigenvalue weighted by molar-refractivity contribution is 5.85. The zero-order chi connectivity index (χ0) is 16.3. The summed E-state index contributed by atoms with van der Waals surface area (Å²) in [6, 6.07) is 0. The summed E-state index contributed by atoms with van der Waals surface area (Å²) < 4.78 is 1.89. The average Bonchev–Trinajstić information content (AvgIpc) is 2.86. The second kappa shape index (κ2) is 6.77. The van der Waals surface area contributed by atoms with Crippen molar-refractivity contribution in [3.8, 4) is 0 Å². The number of nitrogens with zero attached hydrogens (tertiary/aromatic N) is 3. The molecule has 6 heteroatoms. The van der Waals surface area contributed by atoms with Crippen molar-refractivity contribution in [3.05, 3.63) is 29.6 Å². The maximum Gasteiger partial charge on any atom is 0.307 e. The molecule has 2 rings (SSSR count). The largest absolute Gasteiger partial charge is 0.481 e. The van der Waals surface area contributed by atoms with Crippen LogP contribution in [0.15, 0.2) is 18.3 Å². The highest BCUT2D eigenvalue weighted by Crippen LogP contribution is 2.28. The Hall–Kier alpha value is -2.11. The summed E-state index contributed by atoms with van der Waals surface area (Å²) in [5.41, 5.74) is 2.04. The highest BCUT2D eigenvalue weighted by atomic mass is 16.4. The van der Waals surface area contributed by atoms with Gasteiger partial charge in [0, 0.05) is 31.4 Å². The van der Waals surface area contributed by atoms with E-state index in [9.17, 15) is 14.7 Å². The SMILES string of the molecule is CCn1ncc(CN(C)C(=O)[C@H]2CC=CC[C@H]2C(=O)O)c1C. The first-order valence-corrected chi connectivity index (χ1v) is 7.59. The van der Waals surface area contributed by atoms with Crippen LogP contribution in [0.5, 0.6) is 0 Å². The Balaban J connectivity index is 2.09. The third kappa shape index (κ3) is 3.21. The van der Waals surface area contributed by atoms with Crippen molar-refractivity contribution in [2.75, 3.05) is 7.05 Å². The lowest BCUT2D eigenvalue weighted by Gasteiger charge is -2.28. The highest BCUT2D eigenvalue weighted by Gasteiger charge is 2.35. The lowest BCUT2D eigenvalue weighted by molar-refractivity contribution is -0.150. The molecule has 120 valence electrons. The number of hydrogen-bond acceptors (Lipinski definition) is 3. The van der Waals surface area contributed by atoms with Crippen LogP contribution in [0.25, 0.3) is 0 Å². The monoisotopic (exact) mass is 305 g/mol. The molecule has 1 aliphatic rings. The maximum absolute atomic E-state index is 12.6. The number of carbonyl (C=O) groups is 2.